The fourth-order valence-electron chi connectivity index (χ4n) is 2.92. The molecule has 0 radical (unpaired) electrons. The van der Waals surface area contributed by atoms with E-state index < -0.39 is 17.7 Å². The van der Waals surface area contributed by atoms with Crippen molar-refractivity contribution in [3.63, 3.8) is 0 Å². The second kappa shape index (κ2) is 7.06. The Morgan fingerprint density at radius 2 is 1.89 bits per heavy atom. The lowest BCUT2D eigenvalue weighted by Gasteiger charge is -2.07. The molecule has 2 N–H and O–H groups in total. The highest BCUT2D eigenvalue weighted by Gasteiger charge is 2.41. The molecule has 27 heavy (non-hydrogen) atoms. The fraction of sp³-hybridized carbons (Fsp3) is 0.158. The molecule has 1 aromatic heterocycles. The van der Waals surface area contributed by atoms with Crippen LogP contribution in [0.2, 0.25) is 0 Å². The molecule has 1 fully saturated rings. The van der Waals surface area contributed by atoms with E-state index in [0.29, 0.717) is 12.1 Å². The van der Waals surface area contributed by atoms with Gasteiger partial charge in [-0.1, -0.05) is 42.5 Å². The molecule has 3 aromatic rings. The summed E-state index contributed by atoms with van der Waals surface area (Å²) in [6.45, 7) is 0. The third-order valence-corrected chi connectivity index (χ3v) is 4.34. The maximum absolute atomic E-state index is 13.8. The van der Waals surface area contributed by atoms with Crippen molar-refractivity contribution in [2.75, 3.05) is 5.32 Å². The van der Waals surface area contributed by atoms with E-state index in [1.165, 1.54) is 18.3 Å². The van der Waals surface area contributed by atoms with Crippen LogP contribution >= 0.6 is 0 Å². The van der Waals surface area contributed by atoms with Gasteiger partial charge in [0.2, 0.25) is 0 Å². The Hall–Kier alpha value is -3.42. The van der Waals surface area contributed by atoms with Crippen LogP contribution in [0, 0.1) is 11.6 Å². The minimum Gasteiger partial charge on any atom is -0.334 e. The summed E-state index contributed by atoms with van der Waals surface area (Å²) >= 11 is 0. The molecule has 4 rings (SSSR count). The van der Waals surface area contributed by atoms with Crippen molar-refractivity contribution in [3.8, 4) is 11.3 Å². The number of carbonyl (C=O) groups is 1. The highest BCUT2D eigenvalue weighted by atomic mass is 19.2. The highest BCUT2D eigenvalue weighted by molar-refractivity contribution is 5.88. The number of anilines is 1. The second-order valence-electron chi connectivity index (χ2n) is 6.22. The Bertz CT molecular complexity index is 983. The second-order valence-corrected chi connectivity index (χ2v) is 6.22. The number of hydrogen-bond donors (Lipinski definition) is 2. The van der Waals surface area contributed by atoms with Crippen molar-refractivity contribution in [2.45, 2.75) is 18.4 Å². The van der Waals surface area contributed by atoms with Gasteiger partial charge in [-0.2, -0.15) is 5.10 Å². The van der Waals surface area contributed by atoms with E-state index in [9.17, 15) is 13.6 Å². The lowest BCUT2D eigenvalue weighted by atomic mass is 10.1. The molecule has 0 aliphatic heterocycles. The smallest absolute Gasteiger partial charge is 0.321 e. The Labute approximate surface area is 153 Å². The Balaban J connectivity index is 1.39. The summed E-state index contributed by atoms with van der Waals surface area (Å²) in [7, 11) is 0. The quantitative estimate of drug-likeness (QED) is 0.740. The number of benzene rings is 2. The fourth-order valence-corrected chi connectivity index (χ4v) is 2.92. The van der Waals surface area contributed by atoms with Crippen molar-refractivity contribution in [1.82, 2.24) is 20.5 Å². The molecule has 1 saturated carbocycles. The first-order chi connectivity index (χ1) is 13.1. The minimum absolute atomic E-state index is 0.0583. The Morgan fingerprint density at radius 1 is 1.07 bits per heavy atom. The predicted octanol–water partition coefficient (Wildman–Crippen LogP) is 3.49. The summed E-state index contributed by atoms with van der Waals surface area (Å²) in [4.78, 5) is 16.4. The van der Waals surface area contributed by atoms with Gasteiger partial charge in [-0.25, -0.2) is 18.6 Å². The van der Waals surface area contributed by atoms with Gasteiger partial charge in [-0.3, -0.25) is 5.32 Å². The van der Waals surface area contributed by atoms with Crippen LogP contribution in [0.3, 0.4) is 0 Å². The van der Waals surface area contributed by atoms with Crippen LogP contribution in [0.25, 0.3) is 11.3 Å². The van der Waals surface area contributed by atoms with Gasteiger partial charge in [-0.15, -0.1) is 5.10 Å². The summed E-state index contributed by atoms with van der Waals surface area (Å²) in [6.07, 6.45) is 2.04. The molecule has 1 aliphatic rings. The van der Waals surface area contributed by atoms with Gasteiger partial charge in [-0.05, 0) is 18.1 Å². The van der Waals surface area contributed by atoms with Crippen LogP contribution in [0.4, 0.5) is 19.5 Å². The van der Waals surface area contributed by atoms with Crippen LogP contribution in [0.15, 0.2) is 54.7 Å². The topological polar surface area (TPSA) is 79.8 Å². The van der Waals surface area contributed by atoms with E-state index in [-0.39, 0.29) is 23.5 Å². The van der Waals surface area contributed by atoms with Gasteiger partial charge in [0.15, 0.2) is 11.6 Å². The minimum atomic E-state index is -0.889. The van der Waals surface area contributed by atoms with E-state index in [1.54, 1.807) is 0 Å². The maximum atomic E-state index is 13.8. The van der Waals surface area contributed by atoms with Crippen molar-refractivity contribution < 1.29 is 13.6 Å². The van der Waals surface area contributed by atoms with Crippen LogP contribution in [-0.2, 0) is 0 Å². The maximum Gasteiger partial charge on any atom is 0.321 e. The molecule has 1 heterocycles. The summed E-state index contributed by atoms with van der Waals surface area (Å²) in [5.74, 6) is -1.95. The Kier molecular flexibility index (Phi) is 4.45. The first kappa shape index (κ1) is 17.0. The molecule has 6 nitrogen and oxygen atoms in total. The van der Waals surface area contributed by atoms with E-state index in [0.717, 1.165) is 11.6 Å². The zero-order valence-electron chi connectivity index (χ0n) is 14.1. The lowest BCUT2D eigenvalue weighted by Crippen LogP contribution is -2.32. The number of carbonyl (C=O) groups excluding carboxylic acids is 1. The van der Waals surface area contributed by atoms with E-state index in [4.69, 9.17) is 0 Å². The van der Waals surface area contributed by atoms with Gasteiger partial charge < -0.3 is 5.32 Å². The van der Waals surface area contributed by atoms with E-state index in [2.05, 4.69) is 25.8 Å². The number of nitrogens with one attached hydrogen (secondary N) is 2. The first-order valence-corrected chi connectivity index (χ1v) is 8.38. The van der Waals surface area contributed by atoms with Crippen molar-refractivity contribution in [1.29, 1.82) is 0 Å². The average Bonchev–Trinajstić information content (AvgIpc) is 3.43. The largest absolute Gasteiger partial charge is 0.334 e. The molecular weight excluding hydrogens is 352 g/mol. The summed E-state index contributed by atoms with van der Waals surface area (Å²) < 4.78 is 27.1. The third kappa shape index (κ3) is 3.74. The van der Waals surface area contributed by atoms with E-state index in [1.807, 2.05) is 30.3 Å². The van der Waals surface area contributed by atoms with E-state index >= 15 is 0 Å². The molecule has 0 bridgehead atoms. The van der Waals surface area contributed by atoms with Crippen LogP contribution in [-0.4, -0.2) is 27.3 Å². The molecule has 1 aliphatic carbocycles. The summed E-state index contributed by atoms with van der Waals surface area (Å²) in [5.41, 5.74) is 1.69. The number of amides is 2. The summed E-state index contributed by atoms with van der Waals surface area (Å²) in [5, 5.41) is 12.9. The number of hydrogen-bond acceptors (Lipinski definition) is 4. The van der Waals surface area contributed by atoms with Crippen molar-refractivity contribution in [3.05, 3.63) is 71.9 Å². The highest BCUT2D eigenvalue weighted by Crippen LogP contribution is 2.42. The van der Waals surface area contributed by atoms with Gasteiger partial charge in [0, 0.05) is 17.5 Å². The summed E-state index contributed by atoms with van der Waals surface area (Å²) in [6, 6.07) is 12.6. The van der Waals surface area contributed by atoms with Gasteiger partial charge >= 0.3 is 6.03 Å². The molecule has 0 saturated heterocycles. The first-order valence-electron chi connectivity index (χ1n) is 8.38. The number of aromatic nitrogens is 3. The molecule has 0 spiro atoms. The number of nitrogens with zero attached hydrogens (tertiary/aromatic N) is 3. The van der Waals surface area contributed by atoms with Crippen LogP contribution in [0.1, 0.15) is 17.9 Å². The standard InChI is InChI=1S/C19H15F2N5O/c20-14-8-4-7-12(17(14)21)13-9-15(13)24-19(27)25-18-23-16(10-22-26-18)11-5-2-1-3-6-11/h1-8,10,13,15H,9H2,(H2,23,24,25,26,27)/t13-,15+/m1/s1. The molecule has 2 aromatic carbocycles. The normalized spacial score (nSPS) is 18.0. The predicted molar refractivity (Wildman–Crippen MR) is 94.9 cm³/mol. The van der Waals surface area contributed by atoms with Gasteiger partial charge in [0.25, 0.3) is 5.95 Å². The zero-order chi connectivity index (χ0) is 18.8. The third-order valence-electron chi connectivity index (χ3n) is 4.34. The number of halogens is 2. The lowest BCUT2D eigenvalue weighted by molar-refractivity contribution is 0.251. The Morgan fingerprint density at radius 3 is 2.70 bits per heavy atom. The molecule has 2 amide bonds. The molecule has 0 unspecified atom stereocenters. The average molecular weight is 367 g/mol. The molecular formula is C19H15F2N5O. The number of urea groups is 1. The van der Waals surface area contributed by atoms with Crippen LogP contribution in [0.5, 0.6) is 0 Å². The number of rotatable bonds is 4. The van der Waals surface area contributed by atoms with Crippen LogP contribution < -0.4 is 10.6 Å². The zero-order valence-corrected chi connectivity index (χ0v) is 14.1. The molecule has 8 heteroatoms. The van der Waals surface area contributed by atoms with Crippen molar-refractivity contribution in [2.24, 2.45) is 0 Å². The monoisotopic (exact) mass is 367 g/mol. The molecule has 136 valence electrons. The molecule has 2 atom stereocenters. The SMILES string of the molecule is O=C(Nc1nncc(-c2ccccc2)n1)N[C@H]1C[C@@H]1c1cccc(F)c1F. The van der Waals surface area contributed by atoms with Gasteiger partial charge in [0.1, 0.15) is 0 Å². The van der Waals surface area contributed by atoms with Crippen molar-refractivity contribution >= 4 is 12.0 Å². The van der Waals surface area contributed by atoms with Gasteiger partial charge in [0.05, 0.1) is 11.9 Å².